The van der Waals surface area contributed by atoms with E-state index in [0.29, 0.717) is 5.75 Å². The van der Waals surface area contributed by atoms with Crippen molar-refractivity contribution >= 4 is 22.6 Å². The predicted octanol–water partition coefficient (Wildman–Crippen LogP) is 1.60. The van der Waals surface area contributed by atoms with E-state index < -0.39 is 16.3 Å². The van der Waals surface area contributed by atoms with Gasteiger partial charge in [-0.2, -0.15) is 13.2 Å². The standard InChI is InChI=1S/C7H14F3NOS2/c1-6(5-14(2)12)11-3-4-13-7(8,9)10/h6,11H,3-5H2,1-2H3. The largest absolute Gasteiger partial charge is 0.441 e. The van der Waals surface area contributed by atoms with Gasteiger partial charge in [-0.25, -0.2) is 0 Å². The van der Waals surface area contributed by atoms with Gasteiger partial charge in [0.1, 0.15) is 0 Å². The van der Waals surface area contributed by atoms with Gasteiger partial charge in [-0.05, 0) is 18.7 Å². The minimum atomic E-state index is -4.15. The van der Waals surface area contributed by atoms with Crippen LogP contribution in [-0.2, 0) is 10.8 Å². The van der Waals surface area contributed by atoms with Gasteiger partial charge in [0.15, 0.2) is 0 Å². The molecule has 0 aromatic heterocycles. The molecule has 1 N–H and O–H groups in total. The van der Waals surface area contributed by atoms with E-state index in [2.05, 4.69) is 5.32 Å². The molecular weight excluding hydrogens is 235 g/mol. The minimum Gasteiger partial charge on any atom is -0.313 e. The molecule has 7 heteroatoms. The van der Waals surface area contributed by atoms with Crippen LogP contribution in [0.5, 0.6) is 0 Å². The lowest BCUT2D eigenvalue weighted by Crippen LogP contribution is -2.33. The number of thioether (sulfide) groups is 1. The Morgan fingerprint density at radius 3 is 2.50 bits per heavy atom. The first-order chi connectivity index (χ1) is 6.31. The van der Waals surface area contributed by atoms with Crippen molar-refractivity contribution in [3.05, 3.63) is 0 Å². The van der Waals surface area contributed by atoms with Crippen LogP contribution < -0.4 is 5.32 Å². The van der Waals surface area contributed by atoms with E-state index >= 15 is 0 Å². The van der Waals surface area contributed by atoms with E-state index in [9.17, 15) is 17.4 Å². The Kier molecular flexibility index (Phi) is 6.80. The maximum absolute atomic E-state index is 11.7. The quantitative estimate of drug-likeness (QED) is 0.725. The van der Waals surface area contributed by atoms with Crippen molar-refractivity contribution in [1.82, 2.24) is 5.32 Å². The maximum Gasteiger partial charge on any atom is 0.441 e. The highest BCUT2D eigenvalue weighted by Gasteiger charge is 2.27. The zero-order chi connectivity index (χ0) is 11.2. The highest BCUT2D eigenvalue weighted by Crippen LogP contribution is 2.29. The van der Waals surface area contributed by atoms with Gasteiger partial charge in [0, 0.05) is 41.1 Å². The van der Waals surface area contributed by atoms with Gasteiger partial charge in [0.2, 0.25) is 0 Å². The molecule has 14 heavy (non-hydrogen) atoms. The third kappa shape index (κ3) is 10.3. The third-order valence-corrected chi connectivity index (χ3v) is 3.05. The summed E-state index contributed by atoms with van der Waals surface area (Å²) in [6.07, 6.45) is 1.57. The maximum atomic E-state index is 11.7. The van der Waals surface area contributed by atoms with Crippen molar-refractivity contribution in [2.24, 2.45) is 0 Å². The van der Waals surface area contributed by atoms with Crippen LogP contribution in [0.3, 0.4) is 0 Å². The number of hydrogen-bond donors (Lipinski definition) is 1. The molecule has 0 bridgehead atoms. The summed E-state index contributed by atoms with van der Waals surface area (Å²) in [5.74, 6) is 0.459. The van der Waals surface area contributed by atoms with Crippen LogP contribution in [0.2, 0.25) is 0 Å². The Hall–Kier alpha value is 0.250. The SMILES string of the molecule is CC(CS(C)=O)NCCSC(F)(F)F. The van der Waals surface area contributed by atoms with Crippen molar-refractivity contribution in [2.45, 2.75) is 18.5 Å². The molecule has 2 nitrogen and oxygen atoms in total. The first-order valence-electron chi connectivity index (χ1n) is 4.05. The normalized spacial score (nSPS) is 16.6. The van der Waals surface area contributed by atoms with Gasteiger partial charge in [0.05, 0.1) is 0 Å². The van der Waals surface area contributed by atoms with Crippen LogP contribution in [0.1, 0.15) is 6.92 Å². The zero-order valence-electron chi connectivity index (χ0n) is 8.06. The number of nitrogens with one attached hydrogen (secondary N) is 1. The van der Waals surface area contributed by atoms with E-state index in [0.717, 1.165) is 0 Å². The zero-order valence-corrected chi connectivity index (χ0v) is 9.69. The molecule has 0 fully saturated rings. The van der Waals surface area contributed by atoms with Crippen LogP contribution in [0, 0.1) is 0 Å². The summed E-state index contributed by atoms with van der Waals surface area (Å²) in [5.41, 5.74) is -4.15. The fourth-order valence-corrected chi connectivity index (χ4v) is 2.16. The lowest BCUT2D eigenvalue weighted by Gasteiger charge is -2.12. The summed E-state index contributed by atoms with van der Waals surface area (Å²) < 4.78 is 45.8. The molecule has 0 aliphatic carbocycles. The molecule has 0 saturated heterocycles. The molecule has 86 valence electrons. The molecule has 0 aromatic rings. The lowest BCUT2D eigenvalue weighted by atomic mass is 10.4. The monoisotopic (exact) mass is 249 g/mol. The fourth-order valence-electron chi connectivity index (χ4n) is 0.883. The Morgan fingerprint density at radius 1 is 1.50 bits per heavy atom. The molecule has 0 saturated carbocycles. The van der Waals surface area contributed by atoms with E-state index in [1.165, 1.54) is 0 Å². The van der Waals surface area contributed by atoms with Crippen LogP contribution in [0.25, 0.3) is 0 Å². The predicted molar refractivity (Wildman–Crippen MR) is 54.9 cm³/mol. The first-order valence-corrected chi connectivity index (χ1v) is 6.76. The molecule has 0 spiro atoms. The van der Waals surface area contributed by atoms with E-state index in [1.807, 2.05) is 0 Å². The molecule has 0 aromatic carbocycles. The van der Waals surface area contributed by atoms with Crippen LogP contribution in [0.15, 0.2) is 0 Å². The van der Waals surface area contributed by atoms with Crippen molar-refractivity contribution in [2.75, 3.05) is 24.3 Å². The summed E-state index contributed by atoms with van der Waals surface area (Å²) in [6.45, 7) is 2.09. The van der Waals surface area contributed by atoms with Gasteiger partial charge >= 0.3 is 5.51 Å². The molecule has 0 radical (unpaired) electrons. The van der Waals surface area contributed by atoms with Crippen LogP contribution in [-0.4, -0.2) is 40.1 Å². The highest BCUT2D eigenvalue weighted by molar-refractivity contribution is 8.00. The highest BCUT2D eigenvalue weighted by atomic mass is 32.2. The van der Waals surface area contributed by atoms with Crippen molar-refractivity contribution < 1.29 is 17.4 Å². The van der Waals surface area contributed by atoms with Gasteiger partial charge < -0.3 is 5.32 Å². The second-order valence-corrected chi connectivity index (χ2v) is 5.53. The average molecular weight is 249 g/mol. The Balaban J connectivity index is 3.41. The smallest absolute Gasteiger partial charge is 0.313 e. The summed E-state index contributed by atoms with van der Waals surface area (Å²) in [7, 11) is -0.910. The van der Waals surface area contributed by atoms with E-state index in [1.54, 1.807) is 13.2 Å². The minimum absolute atomic E-state index is 0.00494. The van der Waals surface area contributed by atoms with E-state index in [4.69, 9.17) is 0 Å². The number of hydrogen-bond acceptors (Lipinski definition) is 3. The molecule has 0 aliphatic rings. The Morgan fingerprint density at radius 2 is 2.07 bits per heavy atom. The van der Waals surface area contributed by atoms with Crippen molar-refractivity contribution in [3.63, 3.8) is 0 Å². The number of rotatable bonds is 6. The second kappa shape index (κ2) is 6.68. The molecule has 2 atom stereocenters. The molecule has 0 aliphatic heterocycles. The average Bonchev–Trinajstić information content (AvgIpc) is 1.95. The van der Waals surface area contributed by atoms with Gasteiger partial charge in [-0.3, -0.25) is 4.21 Å². The first kappa shape index (κ1) is 14.2. The van der Waals surface area contributed by atoms with Crippen molar-refractivity contribution in [1.29, 1.82) is 0 Å². The molecule has 0 rings (SSSR count). The van der Waals surface area contributed by atoms with Gasteiger partial charge in [-0.15, -0.1) is 0 Å². The van der Waals surface area contributed by atoms with Gasteiger partial charge in [-0.1, -0.05) is 0 Å². The van der Waals surface area contributed by atoms with Crippen molar-refractivity contribution in [3.8, 4) is 0 Å². The summed E-state index contributed by atoms with van der Waals surface area (Å²) in [6, 6.07) is -0.00494. The molecular formula is C7H14F3NOS2. The van der Waals surface area contributed by atoms with Crippen LogP contribution >= 0.6 is 11.8 Å². The van der Waals surface area contributed by atoms with Gasteiger partial charge in [0.25, 0.3) is 0 Å². The third-order valence-electron chi connectivity index (χ3n) is 1.35. The fraction of sp³-hybridized carbons (Fsp3) is 1.00. The number of halogens is 3. The molecule has 0 amide bonds. The summed E-state index contributed by atoms with van der Waals surface area (Å²) in [5, 5.41) is 2.87. The second-order valence-electron chi connectivity index (χ2n) is 2.89. The molecule has 0 heterocycles. The van der Waals surface area contributed by atoms with Crippen LogP contribution in [0.4, 0.5) is 13.2 Å². The summed E-state index contributed by atoms with van der Waals surface area (Å²) in [4.78, 5) is 0. The van der Waals surface area contributed by atoms with E-state index in [-0.39, 0.29) is 30.1 Å². The Bertz CT molecular complexity index is 186. The topological polar surface area (TPSA) is 29.1 Å². The molecule has 2 unspecified atom stereocenters. The summed E-state index contributed by atoms with van der Waals surface area (Å²) >= 11 is -0.0439. The Labute approximate surface area is 88.5 Å². The lowest BCUT2D eigenvalue weighted by molar-refractivity contribution is -0.0327. The number of alkyl halides is 3.